The largest absolute Gasteiger partial charge is 0.370 e. The van der Waals surface area contributed by atoms with Gasteiger partial charge in [0.05, 0.1) is 41.4 Å². The Morgan fingerprint density at radius 3 is 2.61 bits per heavy atom. The molecule has 154 valence electrons. The van der Waals surface area contributed by atoms with Crippen LogP contribution in [0.3, 0.4) is 0 Å². The third-order valence-electron chi connectivity index (χ3n) is 4.88. The van der Waals surface area contributed by atoms with E-state index < -0.39 is 0 Å². The van der Waals surface area contributed by atoms with Crippen molar-refractivity contribution in [2.75, 3.05) is 7.11 Å². The van der Waals surface area contributed by atoms with Crippen molar-refractivity contribution in [1.29, 1.82) is 5.26 Å². The molecule has 0 saturated carbocycles. The average molecular weight is 432 g/mol. The summed E-state index contributed by atoms with van der Waals surface area (Å²) in [7, 11) is 1.64. The van der Waals surface area contributed by atoms with E-state index in [2.05, 4.69) is 16.0 Å². The topological polar surface area (TPSA) is 85.7 Å². The Morgan fingerprint density at radius 1 is 1.13 bits per heavy atom. The van der Waals surface area contributed by atoms with Crippen LogP contribution in [-0.4, -0.2) is 26.2 Å². The van der Waals surface area contributed by atoms with Gasteiger partial charge >= 0.3 is 0 Å². The van der Waals surface area contributed by atoms with Gasteiger partial charge < -0.3 is 9.30 Å². The van der Waals surface area contributed by atoms with Crippen LogP contribution in [0.15, 0.2) is 78.2 Å². The second-order valence-electron chi connectivity index (χ2n) is 6.88. The zero-order valence-corrected chi connectivity index (χ0v) is 17.4. The van der Waals surface area contributed by atoms with Crippen LogP contribution in [0.1, 0.15) is 28.5 Å². The highest BCUT2D eigenvalue weighted by atomic mass is 35.5. The quantitative estimate of drug-likeness (QED) is 0.464. The number of imidazole rings is 1. The average Bonchev–Trinajstić information content (AvgIpc) is 3.25. The number of methoxy groups -OCH3 is 1. The van der Waals surface area contributed by atoms with Gasteiger partial charge in [-0.2, -0.15) is 5.26 Å². The molecule has 1 atom stereocenters. The van der Waals surface area contributed by atoms with Gasteiger partial charge in [-0.15, -0.1) is 0 Å². The number of nitrogens with zero attached hydrogens (tertiary/aromatic N) is 5. The van der Waals surface area contributed by atoms with Gasteiger partial charge in [-0.25, -0.2) is 9.97 Å². The Hall–Kier alpha value is -3.73. The molecule has 4 rings (SSSR count). The van der Waals surface area contributed by atoms with Crippen molar-refractivity contribution in [1.82, 2.24) is 19.1 Å². The number of hydrogen-bond donors (Lipinski definition) is 0. The Balaban J connectivity index is 1.58. The number of hydrogen-bond acceptors (Lipinski definition) is 5. The first-order valence-electron chi connectivity index (χ1n) is 9.45. The summed E-state index contributed by atoms with van der Waals surface area (Å²) in [5.74, 6) is 0.495. The summed E-state index contributed by atoms with van der Waals surface area (Å²) in [6, 6.07) is 16.0. The third kappa shape index (κ3) is 4.40. The smallest absolute Gasteiger partial charge is 0.256 e. The van der Waals surface area contributed by atoms with Crippen LogP contribution < -0.4 is 5.56 Å². The lowest BCUT2D eigenvalue weighted by Crippen LogP contribution is -2.17. The SMILES string of the molecule is COC(c1ccc(C#N)cc1)c1cncn1Cc1ccc(-n2cc(Cl)ccc2=O)nc1. The minimum atomic E-state index is -0.326. The fourth-order valence-corrected chi connectivity index (χ4v) is 3.49. The van der Waals surface area contributed by atoms with Gasteiger partial charge in [0.2, 0.25) is 0 Å². The molecular formula is C23H18ClN5O2. The monoisotopic (exact) mass is 431 g/mol. The number of aromatic nitrogens is 4. The number of benzene rings is 1. The van der Waals surface area contributed by atoms with Crippen molar-refractivity contribution in [2.45, 2.75) is 12.6 Å². The van der Waals surface area contributed by atoms with Gasteiger partial charge in [0.25, 0.3) is 5.56 Å². The van der Waals surface area contributed by atoms with E-state index >= 15 is 0 Å². The van der Waals surface area contributed by atoms with Crippen LogP contribution in [0.25, 0.3) is 5.82 Å². The molecule has 4 aromatic rings. The standard InChI is InChI=1S/C23H18ClN5O2/c1-31-23(18-5-2-16(10-25)3-6-18)20-12-26-15-28(20)13-17-4-8-21(27-11-17)29-14-19(24)7-9-22(29)30/h2-9,11-12,14-15,23H,13H2,1H3. The Bertz CT molecular complexity index is 1290. The predicted octanol–water partition coefficient (Wildman–Crippen LogP) is 3.74. The second-order valence-corrected chi connectivity index (χ2v) is 7.31. The molecule has 3 heterocycles. The van der Waals surface area contributed by atoms with E-state index in [0.717, 1.165) is 16.8 Å². The fraction of sp³-hybridized carbons (Fsp3) is 0.130. The van der Waals surface area contributed by atoms with Gasteiger partial charge in [-0.05, 0) is 35.4 Å². The van der Waals surface area contributed by atoms with E-state index in [1.54, 1.807) is 56.3 Å². The highest BCUT2D eigenvalue weighted by Gasteiger charge is 2.18. The molecule has 8 heteroatoms. The first-order chi connectivity index (χ1) is 15.1. The number of ether oxygens (including phenoxy) is 1. The molecule has 0 aliphatic heterocycles. The summed E-state index contributed by atoms with van der Waals surface area (Å²) in [5.41, 5.74) is 3.14. The van der Waals surface area contributed by atoms with Gasteiger partial charge in [0.1, 0.15) is 11.9 Å². The van der Waals surface area contributed by atoms with Crippen molar-refractivity contribution in [2.24, 2.45) is 0 Å². The zero-order chi connectivity index (χ0) is 21.8. The van der Waals surface area contributed by atoms with Crippen molar-refractivity contribution in [3.05, 3.63) is 111 Å². The lowest BCUT2D eigenvalue weighted by Gasteiger charge is -2.18. The normalized spacial score (nSPS) is 11.8. The molecule has 0 radical (unpaired) electrons. The maximum Gasteiger partial charge on any atom is 0.256 e. The van der Waals surface area contributed by atoms with Gasteiger partial charge in [0, 0.05) is 25.6 Å². The lowest BCUT2D eigenvalue weighted by molar-refractivity contribution is 0.130. The number of pyridine rings is 2. The van der Waals surface area contributed by atoms with Crippen molar-refractivity contribution in [3.63, 3.8) is 0 Å². The number of rotatable bonds is 6. The molecule has 3 aromatic heterocycles. The summed E-state index contributed by atoms with van der Waals surface area (Å²) in [6.45, 7) is 0.531. The molecule has 7 nitrogen and oxygen atoms in total. The van der Waals surface area contributed by atoms with Gasteiger partial charge in [-0.1, -0.05) is 29.8 Å². The maximum absolute atomic E-state index is 12.1. The Labute approximate surface area is 183 Å². The van der Waals surface area contributed by atoms with Crippen LogP contribution in [0.5, 0.6) is 0 Å². The molecular weight excluding hydrogens is 414 g/mol. The maximum atomic E-state index is 12.1. The molecule has 1 aromatic carbocycles. The Morgan fingerprint density at radius 2 is 1.94 bits per heavy atom. The fourth-order valence-electron chi connectivity index (χ4n) is 3.33. The predicted molar refractivity (Wildman–Crippen MR) is 116 cm³/mol. The first kappa shape index (κ1) is 20.5. The second kappa shape index (κ2) is 8.96. The third-order valence-corrected chi connectivity index (χ3v) is 5.10. The van der Waals surface area contributed by atoms with Crippen LogP contribution in [0, 0.1) is 11.3 Å². The van der Waals surface area contributed by atoms with E-state index in [-0.39, 0.29) is 11.7 Å². The highest BCUT2D eigenvalue weighted by molar-refractivity contribution is 6.30. The summed E-state index contributed by atoms with van der Waals surface area (Å²) >= 11 is 6.00. The summed E-state index contributed by atoms with van der Waals surface area (Å²) in [4.78, 5) is 20.8. The molecule has 0 aliphatic rings. The van der Waals surface area contributed by atoms with Crippen LogP contribution in [0.4, 0.5) is 0 Å². The van der Waals surface area contributed by atoms with Crippen molar-refractivity contribution >= 4 is 11.6 Å². The van der Waals surface area contributed by atoms with E-state index in [1.807, 2.05) is 22.8 Å². The minimum absolute atomic E-state index is 0.202. The summed E-state index contributed by atoms with van der Waals surface area (Å²) in [5, 5.41) is 9.47. The molecule has 0 saturated heterocycles. The van der Waals surface area contributed by atoms with Crippen molar-refractivity contribution in [3.8, 4) is 11.9 Å². The first-order valence-corrected chi connectivity index (χ1v) is 9.83. The van der Waals surface area contributed by atoms with Crippen LogP contribution in [-0.2, 0) is 11.3 Å². The van der Waals surface area contributed by atoms with Crippen molar-refractivity contribution < 1.29 is 4.74 Å². The number of nitriles is 1. The van der Waals surface area contributed by atoms with E-state index in [9.17, 15) is 4.79 Å². The molecule has 31 heavy (non-hydrogen) atoms. The summed E-state index contributed by atoms with van der Waals surface area (Å²) < 4.78 is 9.11. The molecule has 0 spiro atoms. The van der Waals surface area contributed by atoms with Crippen LogP contribution >= 0.6 is 11.6 Å². The highest BCUT2D eigenvalue weighted by Crippen LogP contribution is 2.26. The molecule has 1 unspecified atom stereocenters. The molecule has 0 amide bonds. The summed E-state index contributed by atoms with van der Waals surface area (Å²) in [6.07, 6.45) is 6.43. The number of halogens is 1. The minimum Gasteiger partial charge on any atom is -0.370 e. The molecule has 0 N–H and O–H groups in total. The molecule has 0 aliphatic carbocycles. The van der Waals surface area contributed by atoms with E-state index in [0.29, 0.717) is 22.9 Å². The van der Waals surface area contributed by atoms with Crippen LogP contribution in [0.2, 0.25) is 5.02 Å². The van der Waals surface area contributed by atoms with Gasteiger partial charge in [0.15, 0.2) is 0 Å². The Kier molecular flexibility index (Phi) is 5.94. The lowest BCUT2D eigenvalue weighted by atomic mass is 10.0. The molecule has 0 bridgehead atoms. The van der Waals surface area contributed by atoms with E-state index in [4.69, 9.17) is 21.6 Å². The van der Waals surface area contributed by atoms with Gasteiger partial charge in [-0.3, -0.25) is 9.36 Å². The molecule has 0 fully saturated rings. The zero-order valence-electron chi connectivity index (χ0n) is 16.6. The van der Waals surface area contributed by atoms with E-state index in [1.165, 1.54) is 10.6 Å².